The number of para-hydroxylation sites is 1. The molecular formula is C13H12O3. The van der Waals surface area contributed by atoms with E-state index in [4.69, 9.17) is 9.15 Å². The minimum atomic E-state index is -0.340. The van der Waals surface area contributed by atoms with E-state index in [9.17, 15) is 4.79 Å². The molecular weight excluding hydrogens is 204 g/mol. The molecule has 0 atom stereocenters. The van der Waals surface area contributed by atoms with Crippen molar-refractivity contribution in [1.29, 1.82) is 0 Å². The average molecular weight is 216 g/mol. The van der Waals surface area contributed by atoms with Crippen LogP contribution in [0.25, 0.3) is 17.0 Å². The van der Waals surface area contributed by atoms with Crippen LogP contribution in [-0.4, -0.2) is 12.6 Å². The van der Waals surface area contributed by atoms with Crippen molar-refractivity contribution in [2.75, 3.05) is 6.61 Å². The van der Waals surface area contributed by atoms with Crippen LogP contribution in [0.3, 0.4) is 0 Å². The molecule has 0 bridgehead atoms. The van der Waals surface area contributed by atoms with E-state index in [1.807, 2.05) is 24.3 Å². The van der Waals surface area contributed by atoms with Crippen LogP contribution in [0.15, 0.2) is 41.0 Å². The third kappa shape index (κ3) is 2.14. The number of carbonyl (C=O) groups is 1. The zero-order valence-electron chi connectivity index (χ0n) is 8.97. The summed E-state index contributed by atoms with van der Waals surface area (Å²) in [7, 11) is 0. The summed E-state index contributed by atoms with van der Waals surface area (Å²) < 4.78 is 10.1. The molecule has 1 heterocycles. The third-order valence-electron chi connectivity index (χ3n) is 2.20. The zero-order valence-corrected chi connectivity index (χ0v) is 8.97. The van der Waals surface area contributed by atoms with E-state index in [1.54, 1.807) is 19.3 Å². The molecule has 0 N–H and O–H groups in total. The van der Waals surface area contributed by atoms with Gasteiger partial charge in [0, 0.05) is 17.0 Å². The normalized spacial score (nSPS) is 11.1. The van der Waals surface area contributed by atoms with Gasteiger partial charge in [-0.25, -0.2) is 4.79 Å². The Labute approximate surface area is 93.3 Å². The van der Waals surface area contributed by atoms with Crippen molar-refractivity contribution in [3.05, 3.63) is 42.2 Å². The number of benzene rings is 1. The molecule has 0 fully saturated rings. The fraction of sp³-hybridized carbons (Fsp3) is 0.154. The minimum absolute atomic E-state index is 0.340. The smallest absolute Gasteiger partial charge is 0.330 e. The van der Waals surface area contributed by atoms with E-state index < -0.39 is 0 Å². The van der Waals surface area contributed by atoms with Gasteiger partial charge in [-0.1, -0.05) is 18.2 Å². The van der Waals surface area contributed by atoms with Crippen molar-refractivity contribution >= 4 is 23.0 Å². The fourth-order valence-corrected chi connectivity index (χ4v) is 1.48. The van der Waals surface area contributed by atoms with Crippen molar-refractivity contribution in [2.45, 2.75) is 6.92 Å². The first kappa shape index (κ1) is 10.5. The van der Waals surface area contributed by atoms with Gasteiger partial charge in [-0.3, -0.25) is 0 Å². The highest BCUT2D eigenvalue weighted by Crippen LogP contribution is 2.21. The van der Waals surface area contributed by atoms with Crippen LogP contribution in [0.5, 0.6) is 0 Å². The third-order valence-corrected chi connectivity index (χ3v) is 2.20. The van der Waals surface area contributed by atoms with Crippen molar-refractivity contribution in [3.63, 3.8) is 0 Å². The topological polar surface area (TPSA) is 39.4 Å². The minimum Gasteiger partial charge on any atom is -0.464 e. The van der Waals surface area contributed by atoms with E-state index in [-0.39, 0.29) is 5.97 Å². The summed E-state index contributed by atoms with van der Waals surface area (Å²) in [6.07, 6.45) is 4.73. The quantitative estimate of drug-likeness (QED) is 0.584. The number of hydrogen-bond acceptors (Lipinski definition) is 3. The molecule has 0 aliphatic carbocycles. The second-order valence-corrected chi connectivity index (χ2v) is 3.27. The maximum atomic E-state index is 11.1. The molecule has 0 aliphatic rings. The summed E-state index contributed by atoms with van der Waals surface area (Å²) >= 11 is 0. The highest BCUT2D eigenvalue weighted by atomic mass is 16.5. The van der Waals surface area contributed by atoms with Gasteiger partial charge in [-0.15, -0.1) is 0 Å². The molecule has 0 amide bonds. The van der Waals surface area contributed by atoms with E-state index in [0.29, 0.717) is 6.61 Å². The van der Waals surface area contributed by atoms with E-state index in [1.165, 1.54) is 6.08 Å². The molecule has 16 heavy (non-hydrogen) atoms. The number of fused-ring (bicyclic) bond motifs is 1. The van der Waals surface area contributed by atoms with Gasteiger partial charge in [0.25, 0.3) is 0 Å². The summed E-state index contributed by atoms with van der Waals surface area (Å²) in [6, 6.07) is 7.67. The van der Waals surface area contributed by atoms with E-state index in [0.717, 1.165) is 16.5 Å². The fourth-order valence-electron chi connectivity index (χ4n) is 1.48. The molecule has 3 heteroatoms. The van der Waals surface area contributed by atoms with Gasteiger partial charge in [0.1, 0.15) is 5.58 Å². The predicted octanol–water partition coefficient (Wildman–Crippen LogP) is 3.01. The molecule has 0 saturated carbocycles. The zero-order chi connectivity index (χ0) is 11.4. The van der Waals surface area contributed by atoms with Crippen LogP contribution in [0.1, 0.15) is 12.5 Å². The summed E-state index contributed by atoms with van der Waals surface area (Å²) in [6.45, 7) is 2.16. The number of rotatable bonds is 3. The first-order valence-corrected chi connectivity index (χ1v) is 5.12. The first-order valence-electron chi connectivity index (χ1n) is 5.12. The highest BCUT2D eigenvalue weighted by Gasteiger charge is 2.02. The Morgan fingerprint density at radius 3 is 3.06 bits per heavy atom. The lowest BCUT2D eigenvalue weighted by Gasteiger charge is -1.93. The molecule has 1 aromatic heterocycles. The van der Waals surface area contributed by atoms with Crippen molar-refractivity contribution in [3.8, 4) is 0 Å². The second kappa shape index (κ2) is 4.66. The summed E-state index contributed by atoms with van der Waals surface area (Å²) in [5.41, 5.74) is 1.69. The SMILES string of the molecule is CCOC(=O)C=Cc1coc2ccccc12. The summed E-state index contributed by atoms with van der Waals surface area (Å²) in [4.78, 5) is 11.1. The number of hydrogen-bond donors (Lipinski definition) is 0. The standard InChI is InChI=1S/C13H12O3/c1-2-15-13(14)8-7-10-9-16-12-6-4-3-5-11(10)12/h3-9H,2H2,1H3. The maximum absolute atomic E-state index is 11.1. The Morgan fingerprint density at radius 2 is 2.25 bits per heavy atom. The van der Waals surface area contributed by atoms with Gasteiger partial charge in [-0.05, 0) is 19.1 Å². The molecule has 2 rings (SSSR count). The Morgan fingerprint density at radius 1 is 1.44 bits per heavy atom. The first-order chi connectivity index (χ1) is 7.81. The lowest BCUT2D eigenvalue weighted by Crippen LogP contribution is -1.98. The Hall–Kier alpha value is -2.03. The lowest BCUT2D eigenvalue weighted by atomic mass is 10.1. The summed E-state index contributed by atoms with van der Waals surface area (Å²) in [5, 5.41) is 0.989. The van der Waals surface area contributed by atoms with E-state index >= 15 is 0 Å². The number of esters is 1. The monoisotopic (exact) mass is 216 g/mol. The molecule has 0 aliphatic heterocycles. The molecule has 1 aromatic carbocycles. The molecule has 0 radical (unpaired) electrons. The van der Waals surface area contributed by atoms with Gasteiger partial charge in [0.2, 0.25) is 0 Å². The highest BCUT2D eigenvalue weighted by molar-refractivity contribution is 5.92. The average Bonchev–Trinajstić information content (AvgIpc) is 2.70. The second-order valence-electron chi connectivity index (χ2n) is 3.27. The van der Waals surface area contributed by atoms with Crippen LogP contribution in [-0.2, 0) is 9.53 Å². The molecule has 2 aromatic rings. The van der Waals surface area contributed by atoms with E-state index in [2.05, 4.69) is 0 Å². The van der Waals surface area contributed by atoms with Gasteiger partial charge in [-0.2, -0.15) is 0 Å². The van der Waals surface area contributed by atoms with Crippen LogP contribution in [0, 0.1) is 0 Å². The Kier molecular flexibility index (Phi) is 3.05. The van der Waals surface area contributed by atoms with Crippen molar-refractivity contribution in [1.82, 2.24) is 0 Å². The number of furan rings is 1. The van der Waals surface area contributed by atoms with Gasteiger partial charge < -0.3 is 9.15 Å². The Bertz CT molecular complexity index is 523. The predicted molar refractivity (Wildman–Crippen MR) is 61.9 cm³/mol. The van der Waals surface area contributed by atoms with Crippen LogP contribution in [0.4, 0.5) is 0 Å². The van der Waals surface area contributed by atoms with Crippen molar-refractivity contribution < 1.29 is 13.9 Å². The van der Waals surface area contributed by atoms with Crippen molar-refractivity contribution in [2.24, 2.45) is 0 Å². The summed E-state index contributed by atoms with van der Waals surface area (Å²) in [5.74, 6) is -0.340. The van der Waals surface area contributed by atoms with Crippen LogP contribution < -0.4 is 0 Å². The lowest BCUT2D eigenvalue weighted by molar-refractivity contribution is -0.137. The largest absolute Gasteiger partial charge is 0.464 e. The van der Waals surface area contributed by atoms with Crippen LogP contribution >= 0.6 is 0 Å². The van der Waals surface area contributed by atoms with Gasteiger partial charge in [0.15, 0.2) is 0 Å². The maximum Gasteiger partial charge on any atom is 0.330 e. The molecule has 3 nitrogen and oxygen atoms in total. The molecule has 0 spiro atoms. The number of carbonyl (C=O) groups excluding carboxylic acids is 1. The number of ether oxygens (including phenoxy) is 1. The van der Waals surface area contributed by atoms with Crippen LogP contribution in [0.2, 0.25) is 0 Å². The van der Waals surface area contributed by atoms with Gasteiger partial charge in [0.05, 0.1) is 12.9 Å². The van der Waals surface area contributed by atoms with Gasteiger partial charge >= 0.3 is 5.97 Å². The molecule has 0 unspecified atom stereocenters. The molecule has 82 valence electrons. The molecule has 0 saturated heterocycles. The Balaban J connectivity index is 2.24.